The van der Waals surface area contributed by atoms with E-state index >= 15 is 0 Å². The van der Waals surface area contributed by atoms with Gasteiger partial charge >= 0.3 is 0 Å². The standard InChI is InChI=1S/2C14H10.C4H10NO3P/c2*1-3-7-13-11(5-1)9-10-12-6-2-4-8-14(12)13;1-3-5(4-2)8-9(6)7/h2*1-10H;3-4H2,1-2H3/q;;-2. The van der Waals surface area contributed by atoms with Crippen LogP contribution in [0.3, 0.4) is 0 Å². The summed E-state index contributed by atoms with van der Waals surface area (Å²) in [5.74, 6) is 0. The number of fused-ring (bicyclic) bond motifs is 6. The maximum Gasteiger partial charge on any atom is 0.0214 e. The quantitative estimate of drug-likeness (QED) is 0.144. The summed E-state index contributed by atoms with van der Waals surface area (Å²) in [6.45, 7) is 4.81. The molecule has 0 aliphatic carbocycles. The van der Waals surface area contributed by atoms with Crippen LogP contribution in [0.15, 0.2) is 121 Å². The summed E-state index contributed by atoms with van der Waals surface area (Å²) in [6.07, 6.45) is 0. The molecular weight excluding hydrogens is 477 g/mol. The molecular formula is C32H30NO3P-2. The Hall–Kier alpha value is -3.37. The smallest absolute Gasteiger partial charge is 0.0214 e. The average Bonchev–Trinajstić information content (AvgIpc) is 2.96. The van der Waals surface area contributed by atoms with Crippen molar-refractivity contribution >= 4 is 51.7 Å². The highest BCUT2D eigenvalue weighted by Crippen LogP contribution is 2.25. The van der Waals surface area contributed by atoms with Crippen molar-refractivity contribution in [1.29, 1.82) is 0 Å². The van der Waals surface area contributed by atoms with E-state index in [-0.39, 0.29) is 0 Å². The van der Waals surface area contributed by atoms with E-state index < -0.39 is 8.60 Å². The van der Waals surface area contributed by atoms with Gasteiger partial charge in [0.05, 0.1) is 0 Å². The molecule has 4 nitrogen and oxygen atoms in total. The fraction of sp³-hybridized carbons (Fsp3) is 0.125. The molecule has 0 fully saturated rings. The molecule has 0 saturated heterocycles. The van der Waals surface area contributed by atoms with Crippen LogP contribution in [-0.2, 0) is 4.62 Å². The van der Waals surface area contributed by atoms with E-state index in [1.807, 2.05) is 13.8 Å². The first kappa shape index (κ1) is 26.7. The molecule has 0 amide bonds. The van der Waals surface area contributed by atoms with Crippen molar-refractivity contribution < 1.29 is 14.4 Å². The minimum atomic E-state index is -2.73. The summed E-state index contributed by atoms with van der Waals surface area (Å²) in [5.41, 5.74) is 0. The second kappa shape index (κ2) is 13.3. The van der Waals surface area contributed by atoms with Gasteiger partial charge in [-0.05, 0) is 43.1 Å². The first-order valence-electron chi connectivity index (χ1n) is 12.4. The Kier molecular flexibility index (Phi) is 9.56. The SMILES string of the molecule is CCN(CC)OP([O-])[O-].c1ccc2c(c1)ccc1ccccc12.c1ccc2c(c1)ccc1ccccc12. The Bertz CT molecular complexity index is 1360. The molecule has 0 aliphatic heterocycles. The Labute approximate surface area is 219 Å². The first-order chi connectivity index (χ1) is 18.1. The molecule has 6 rings (SSSR count). The van der Waals surface area contributed by atoms with Crippen molar-refractivity contribution in [3.05, 3.63) is 121 Å². The number of nitrogens with zero attached hydrogens (tertiary/aromatic N) is 1. The van der Waals surface area contributed by atoms with Crippen LogP contribution < -0.4 is 9.79 Å². The third kappa shape index (κ3) is 6.90. The zero-order chi connectivity index (χ0) is 26.0. The van der Waals surface area contributed by atoms with E-state index in [0.29, 0.717) is 13.1 Å². The predicted octanol–water partition coefficient (Wildman–Crippen LogP) is 7.19. The molecule has 0 bridgehead atoms. The van der Waals surface area contributed by atoms with Crippen LogP contribution in [0.2, 0.25) is 0 Å². The summed E-state index contributed by atoms with van der Waals surface area (Å²) in [4.78, 5) is 19.8. The number of hydrogen-bond donors (Lipinski definition) is 0. The van der Waals surface area contributed by atoms with E-state index in [2.05, 4.69) is 126 Å². The topological polar surface area (TPSA) is 58.6 Å². The van der Waals surface area contributed by atoms with E-state index in [9.17, 15) is 9.79 Å². The van der Waals surface area contributed by atoms with Crippen LogP contribution in [0.5, 0.6) is 0 Å². The molecule has 0 saturated carbocycles. The number of benzene rings is 6. The lowest BCUT2D eigenvalue weighted by atomic mass is 10.0. The van der Waals surface area contributed by atoms with Crippen LogP contribution >= 0.6 is 8.60 Å². The highest BCUT2D eigenvalue weighted by Gasteiger charge is 1.98. The van der Waals surface area contributed by atoms with Gasteiger partial charge < -0.3 is 14.4 Å². The molecule has 0 spiro atoms. The third-order valence-electron chi connectivity index (χ3n) is 6.20. The fourth-order valence-corrected chi connectivity index (χ4v) is 4.76. The molecule has 6 aromatic rings. The van der Waals surface area contributed by atoms with Gasteiger partial charge in [-0.25, -0.2) is 0 Å². The summed E-state index contributed by atoms with van der Waals surface area (Å²) < 4.78 is 4.34. The van der Waals surface area contributed by atoms with Gasteiger partial charge in [0, 0.05) is 13.1 Å². The Morgan fingerprint density at radius 3 is 0.973 bits per heavy atom. The molecule has 0 heterocycles. The Morgan fingerprint density at radius 1 is 0.486 bits per heavy atom. The minimum absolute atomic E-state index is 0.583. The third-order valence-corrected chi connectivity index (χ3v) is 6.56. The number of hydrogen-bond acceptors (Lipinski definition) is 4. The average molecular weight is 508 g/mol. The van der Waals surface area contributed by atoms with Gasteiger partial charge in [0.1, 0.15) is 0 Å². The van der Waals surface area contributed by atoms with Crippen LogP contribution in [0.1, 0.15) is 13.8 Å². The van der Waals surface area contributed by atoms with Gasteiger partial charge in [0.15, 0.2) is 0 Å². The van der Waals surface area contributed by atoms with Crippen LogP contribution in [-0.4, -0.2) is 18.2 Å². The number of rotatable bonds is 4. The predicted molar refractivity (Wildman–Crippen MR) is 154 cm³/mol. The fourth-order valence-electron chi connectivity index (χ4n) is 4.34. The highest BCUT2D eigenvalue weighted by atomic mass is 31.2. The molecule has 6 aromatic carbocycles. The van der Waals surface area contributed by atoms with Gasteiger partial charge in [-0.2, -0.15) is 5.06 Å². The molecule has 5 heteroatoms. The van der Waals surface area contributed by atoms with Crippen molar-refractivity contribution in [2.75, 3.05) is 13.1 Å². The summed E-state index contributed by atoms with van der Waals surface area (Å²) in [7, 11) is -2.73. The van der Waals surface area contributed by atoms with E-state index in [4.69, 9.17) is 0 Å². The van der Waals surface area contributed by atoms with Crippen molar-refractivity contribution in [3.63, 3.8) is 0 Å². The molecule has 0 aromatic heterocycles. The lowest BCUT2D eigenvalue weighted by molar-refractivity contribution is -0.338. The second-order valence-electron chi connectivity index (χ2n) is 8.44. The summed E-state index contributed by atoms with van der Waals surface area (Å²) in [6, 6.07) is 42.7. The Morgan fingerprint density at radius 2 is 0.757 bits per heavy atom. The normalized spacial score (nSPS) is 11.0. The molecule has 37 heavy (non-hydrogen) atoms. The molecule has 0 radical (unpaired) electrons. The molecule has 0 atom stereocenters. The molecule has 188 valence electrons. The maximum absolute atomic E-state index is 9.90. The molecule has 0 aliphatic rings. The Balaban J connectivity index is 0.000000134. The van der Waals surface area contributed by atoms with Crippen molar-refractivity contribution in [2.45, 2.75) is 13.8 Å². The lowest BCUT2D eigenvalue weighted by Gasteiger charge is -2.34. The summed E-state index contributed by atoms with van der Waals surface area (Å²) >= 11 is 0. The van der Waals surface area contributed by atoms with Gasteiger partial charge in [-0.15, -0.1) is 8.60 Å². The summed E-state index contributed by atoms with van der Waals surface area (Å²) in [5, 5.41) is 12.0. The molecule has 0 unspecified atom stereocenters. The van der Waals surface area contributed by atoms with Crippen molar-refractivity contribution in [2.24, 2.45) is 0 Å². The first-order valence-corrected chi connectivity index (χ1v) is 13.5. The zero-order valence-electron chi connectivity index (χ0n) is 21.1. The van der Waals surface area contributed by atoms with Gasteiger partial charge in [0.2, 0.25) is 0 Å². The van der Waals surface area contributed by atoms with Crippen LogP contribution in [0, 0.1) is 0 Å². The largest absolute Gasteiger partial charge is 0.819 e. The second-order valence-corrected chi connectivity index (χ2v) is 9.05. The highest BCUT2D eigenvalue weighted by molar-refractivity contribution is 7.36. The number of hydroxylamine groups is 2. The zero-order valence-corrected chi connectivity index (χ0v) is 22.0. The van der Waals surface area contributed by atoms with Crippen LogP contribution in [0.4, 0.5) is 0 Å². The van der Waals surface area contributed by atoms with Crippen molar-refractivity contribution in [3.8, 4) is 0 Å². The van der Waals surface area contributed by atoms with E-state index in [0.717, 1.165) is 0 Å². The van der Waals surface area contributed by atoms with E-state index in [1.54, 1.807) is 0 Å². The van der Waals surface area contributed by atoms with Gasteiger partial charge in [-0.1, -0.05) is 135 Å². The lowest BCUT2D eigenvalue weighted by Crippen LogP contribution is -2.26. The molecule has 0 N–H and O–H groups in total. The van der Waals surface area contributed by atoms with Gasteiger partial charge in [0.25, 0.3) is 0 Å². The van der Waals surface area contributed by atoms with Gasteiger partial charge in [-0.3, -0.25) is 0 Å². The van der Waals surface area contributed by atoms with Crippen LogP contribution in [0.25, 0.3) is 43.1 Å². The van der Waals surface area contributed by atoms with E-state index in [1.165, 1.54) is 48.2 Å². The van der Waals surface area contributed by atoms with Crippen molar-refractivity contribution in [1.82, 2.24) is 5.06 Å². The minimum Gasteiger partial charge on any atom is -0.819 e. The monoisotopic (exact) mass is 507 g/mol. The maximum atomic E-state index is 9.90.